The number of amides is 1. The van der Waals surface area contributed by atoms with Gasteiger partial charge in [-0.05, 0) is 34.9 Å². The lowest BCUT2D eigenvalue weighted by Crippen LogP contribution is -2.55. The SMILES string of the molecule is CN(CC1(COCc2ccccc2)OCCO1)CC1(CN(C)C(=O)OCC2c3ccccc3-c3ccccc32)OCCO1. The summed E-state index contributed by atoms with van der Waals surface area (Å²) in [6, 6.07) is 26.6. The minimum Gasteiger partial charge on any atom is -0.448 e. The fraction of sp³-hybridized carbons (Fsp3) is 0.441. The van der Waals surface area contributed by atoms with E-state index in [2.05, 4.69) is 24.3 Å². The molecule has 3 aromatic carbocycles. The van der Waals surface area contributed by atoms with Crippen LogP contribution in [0.25, 0.3) is 11.1 Å². The quantitative estimate of drug-likeness (QED) is 0.306. The summed E-state index contributed by atoms with van der Waals surface area (Å²) in [5, 5.41) is 0. The molecule has 0 radical (unpaired) electrons. The van der Waals surface area contributed by atoms with Crippen LogP contribution in [0.1, 0.15) is 22.6 Å². The molecule has 2 heterocycles. The highest BCUT2D eigenvalue weighted by molar-refractivity contribution is 5.79. The van der Waals surface area contributed by atoms with Gasteiger partial charge in [-0.15, -0.1) is 0 Å². The van der Waals surface area contributed by atoms with Crippen LogP contribution in [0.4, 0.5) is 4.79 Å². The van der Waals surface area contributed by atoms with Crippen molar-refractivity contribution in [2.75, 3.05) is 73.4 Å². The Morgan fingerprint density at radius 2 is 1.28 bits per heavy atom. The first kappa shape index (κ1) is 29.7. The van der Waals surface area contributed by atoms with Gasteiger partial charge < -0.3 is 33.3 Å². The highest BCUT2D eigenvalue weighted by Gasteiger charge is 2.44. The number of benzene rings is 3. The molecule has 3 aromatic rings. The molecule has 43 heavy (non-hydrogen) atoms. The smallest absolute Gasteiger partial charge is 0.409 e. The first-order chi connectivity index (χ1) is 21.0. The number of nitrogens with zero attached hydrogens (tertiary/aromatic N) is 2. The van der Waals surface area contributed by atoms with E-state index in [4.69, 9.17) is 28.4 Å². The molecule has 2 fully saturated rings. The van der Waals surface area contributed by atoms with Crippen molar-refractivity contribution in [3.63, 3.8) is 0 Å². The normalized spacial score (nSPS) is 18.5. The van der Waals surface area contributed by atoms with Gasteiger partial charge in [0.15, 0.2) is 5.79 Å². The Morgan fingerprint density at radius 3 is 1.91 bits per heavy atom. The lowest BCUT2D eigenvalue weighted by atomic mass is 9.98. The van der Waals surface area contributed by atoms with Crippen LogP contribution in [0.2, 0.25) is 0 Å². The molecule has 3 aliphatic rings. The Kier molecular flexibility index (Phi) is 9.09. The third-order valence-electron chi connectivity index (χ3n) is 8.21. The van der Waals surface area contributed by atoms with Crippen molar-refractivity contribution < 1.29 is 33.2 Å². The molecule has 6 rings (SSSR count). The average molecular weight is 589 g/mol. The van der Waals surface area contributed by atoms with E-state index in [-0.39, 0.29) is 19.1 Å². The summed E-state index contributed by atoms with van der Waals surface area (Å²) < 4.78 is 36.2. The number of fused-ring (bicyclic) bond motifs is 3. The van der Waals surface area contributed by atoms with Crippen molar-refractivity contribution >= 4 is 6.09 Å². The monoisotopic (exact) mass is 588 g/mol. The number of hydrogen-bond donors (Lipinski definition) is 0. The fourth-order valence-electron chi connectivity index (χ4n) is 6.35. The molecule has 0 aromatic heterocycles. The molecule has 0 atom stereocenters. The highest BCUT2D eigenvalue weighted by Crippen LogP contribution is 2.44. The molecule has 0 bridgehead atoms. The number of carbonyl (C=O) groups is 1. The minimum absolute atomic E-state index is 0.00413. The number of ether oxygens (including phenoxy) is 6. The average Bonchev–Trinajstić information content (AvgIpc) is 3.75. The van der Waals surface area contributed by atoms with Crippen molar-refractivity contribution in [2.24, 2.45) is 0 Å². The third-order valence-corrected chi connectivity index (χ3v) is 8.21. The van der Waals surface area contributed by atoms with E-state index in [0.717, 1.165) is 5.56 Å². The summed E-state index contributed by atoms with van der Waals surface area (Å²) in [5.41, 5.74) is 5.84. The van der Waals surface area contributed by atoms with Crippen LogP contribution in [0.5, 0.6) is 0 Å². The van der Waals surface area contributed by atoms with Gasteiger partial charge in [0.2, 0.25) is 5.79 Å². The molecule has 9 heteroatoms. The maximum atomic E-state index is 13.2. The molecule has 0 saturated carbocycles. The zero-order chi connectivity index (χ0) is 29.7. The lowest BCUT2D eigenvalue weighted by Gasteiger charge is -2.37. The third kappa shape index (κ3) is 6.77. The largest absolute Gasteiger partial charge is 0.448 e. The predicted molar refractivity (Wildman–Crippen MR) is 161 cm³/mol. The Bertz CT molecular complexity index is 1330. The van der Waals surface area contributed by atoms with Crippen molar-refractivity contribution in [1.29, 1.82) is 0 Å². The number of rotatable bonds is 12. The van der Waals surface area contributed by atoms with Gasteiger partial charge in [-0.25, -0.2) is 4.79 Å². The van der Waals surface area contributed by atoms with Crippen molar-refractivity contribution in [3.05, 3.63) is 95.6 Å². The van der Waals surface area contributed by atoms with Crippen molar-refractivity contribution in [2.45, 2.75) is 24.1 Å². The standard InChI is InChI=1S/C34H40N2O7/c1-35(23-34(42-18-19-43-34)25-38-20-26-10-4-3-5-11-26)22-33(40-16-17-41-33)24-36(2)32(37)39-21-31-29-14-8-6-12-27(29)28-13-7-9-15-30(28)31/h3-15,31H,16-25H2,1-2H3. The molecule has 1 amide bonds. The second-order valence-electron chi connectivity index (χ2n) is 11.5. The van der Waals surface area contributed by atoms with Crippen molar-refractivity contribution in [1.82, 2.24) is 9.80 Å². The Balaban J connectivity index is 1.05. The minimum atomic E-state index is -1.00. The number of likely N-dealkylation sites (N-methyl/N-ethyl adjacent to an activating group) is 2. The van der Waals surface area contributed by atoms with Gasteiger partial charge in [0.25, 0.3) is 0 Å². The summed E-state index contributed by atoms with van der Waals surface area (Å²) in [4.78, 5) is 16.8. The van der Waals surface area contributed by atoms with Gasteiger partial charge in [0, 0.05) is 13.0 Å². The van der Waals surface area contributed by atoms with Gasteiger partial charge in [0.05, 0.1) is 52.7 Å². The fourth-order valence-corrected chi connectivity index (χ4v) is 6.35. The van der Waals surface area contributed by atoms with Crippen LogP contribution in [0.3, 0.4) is 0 Å². The van der Waals surface area contributed by atoms with Crippen LogP contribution < -0.4 is 0 Å². The summed E-state index contributed by atoms with van der Waals surface area (Å²) in [5.74, 6) is -1.89. The van der Waals surface area contributed by atoms with Crippen LogP contribution in [-0.4, -0.2) is 101 Å². The summed E-state index contributed by atoms with van der Waals surface area (Å²) in [7, 11) is 3.68. The topological polar surface area (TPSA) is 78.9 Å². The number of hydrogen-bond acceptors (Lipinski definition) is 8. The van der Waals surface area contributed by atoms with Crippen molar-refractivity contribution in [3.8, 4) is 11.1 Å². The van der Waals surface area contributed by atoms with E-state index in [0.29, 0.717) is 52.7 Å². The molecule has 9 nitrogen and oxygen atoms in total. The highest BCUT2D eigenvalue weighted by atomic mass is 16.8. The zero-order valence-electron chi connectivity index (χ0n) is 24.9. The lowest BCUT2D eigenvalue weighted by molar-refractivity contribution is -0.219. The number of carbonyl (C=O) groups excluding carboxylic acids is 1. The second-order valence-corrected chi connectivity index (χ2v) is 11.5. The van der Waals surface area contributed by atoms with E-state index in [9.17, 15) is 4.79 Å². The van der Waals surface area contributed by atoms with Crippen LogP contribution in [-0.2, 0) is 35.0 Å². The molecule has 0 unspecified atom stereocenters. The predicted octanol–water partition coefficient (Wildman–Crippen LogP) is 4.50. The van der Waals surface area contributed by atoms with Gasteiger partial charge in [-0.1, -0.05) is 78.9 Å². The van der Waals surface area contributed by atoms with Gasteiger partial charge in [0.1, 0.15) is 13.2 Å². The zero-order valence-corrected chi connectivity index (χ0v) is 24.9. The van der Waals surface area contributed by atoms with E-state index in [1.807, 2.05) is 66.5 Å². The molecular weight excluding hydrogens is 548 g/mol. The Morgan fingerprint density at radius 1 is 0.744 bits per heavy atom. The molecule has 1 aliphatic carbocycles. The maximum Gasteiger partial charge on any atom is 0.409 e. The summed E-state index contributed by atoms with van der Waals surface area (Å²) >= 11 is 0. The van der Waals surface area contributed by atoms with Crippen LogP contribution in [0, 0.1) is 0 Å². The molecule has 2 aliphatic heterocycles. The van der Waals surface area contributed by atoms with E-state index in [1.54, 1.807) is 7.05 Å². The Labute approximate surface area is 253 Å². The first-order valence-electron chi connectivity index (χ1n) is 14.9. The molecular formula is C34H40N2O7. The van der Waals surface area contributed by atoms with Gasteiger partial charge in [-0.2, -0.15) is 0 Å². The molecule has 0 spiro atoms. The first-order valence-corrected chi connectivity index (χ1v) is 14.9. The van der Waals surface area contributed by atoms with Gasteiger partial charge in [-0.3, -0.25) is 4.90 Å². The van der Waals surface area contributed by atoms with Crippen LogP contribution >= 0.6 is 0 Å². The maximum absolute atomic E-state index is 13.2. The van der Waals surface area contributed by atoms with E-state index < -0.39 is 17.7 Å². The molecule has 228 valence electrons. The van der Waals surface area contributed by atoms with Gasteiger partial charge >= 0.3 is 6.09 Å². The van der Waals surface area contributed by atoms with E-state index in [1.165, 1.54) is 27.2 Å². The Hall–Kier alpha value is -3.31. The molecule has 2 saturated heterocycles. The summed E-state index contributed by atoms with van der Waals surface area (Å²) in [6.45, 7) is 4.00. The molecule has 0 N–H and O–H groups in total. The second kappa shape index (κ2) is 13.1. The van der Waals surface area contributed by atoms with Crippen LogP contribution in [0.15, 0.2) is 78.9 Å². The van der Waals surface area contributed by atoms with E-state index >= 15 is 0 Å². The summed E-state index contributed by atoms with van der Waals surface area (Å²) in [6.07, 6.45) is -0.420.